The van der Waals surface area contributed by atoms with Gasteiger partial charge in [0.25, 0.3) is 0 Å². The molecule has 2 nitrogen and oxygen atoms in total. The highest BCUT2D eigenvalue weighted by atomic mass is 19.1. The van der Waals surface area contributed by atoms with Crippen molar-refractivity contribution in [3.05, 3.63) is 35.6 Å². The fourth-order valence-electron chi connectivity index (χ4n) is 3.04. The first kappa shape index (κ1) is 15.5. The number of likely N-dealkylation sites (tertiary alicyclic amines) is 1. The second-order valence-corrected chi connectivity index (χ2v) is 6.27. The van der Waals surface area contributed by atoms with Crippen LogP contribution in [0.15, 0.2) is 24.3 Å². The Kier molecular flexibility index (Phi) is 5.55. The zero-order valence-electron chi connectivity index (χ0n) is 12.9. The molecular weight excluding hydrogens is 251 g/mol. The molecule has 20 heavy (non-hydrogen) atoms. The van der Waals surface area contributed by atoms with Crippen molar-refractivity contribution in [2.45, 2.75) is 58.2 Å². The molecule has 1 aromatic rings. The average Bonchev–Trinajstić information content (AvgIpc) is 2.42. The highest BCUT2D eigenvalue weighted by Crippen LogP contribution is 2.15. The van der Waals surface area contributed by atoms with Crippen molar-refractivity contribution in [1.29, 1.82) is 0 Å². The highest BCUT2D eigenvalue weighted by Gasteiger charge is 2.21. The average molecular weight is 278 g/mol. The van der Waals surface area contributed by atoms with E-state index in [0.717, 1.165) is 12.0 Å². The number of hydrogen-bond acceptors (Lipinski definition) is 2. The second-order valence-electron chi connectivity index (χ2n) is 6.27. The van der Waals surface area contributed by atoms with Gasteiger partial charge in [0.2, 0.25) is 0 Å². The van der Waals surface area contributed by atoms with Crippen LogP contribution in [0, 0.1) is 5.82 Å². The molecular formula is C17H27FN2. The van der Waals surface area contributed by atoms with Gasteiger partial charge >= 0.3 is 0 Å². The van der Waals surface area contributed by atoms with Gasteiger partial charge < -0.3 is 10.2 Å². The Morgan fingerprint density at radius 1 is 1.20 bits per heavy atom. The van der Waals surface area contributed by atoms with Crippen LogP contribution in [0.4, 0.5) is 4.39 Å². The molecule has 0 spiro atoms. The Labute approximate surface area is 122 Å². The van der Waals surface area contributed by atoms with Crippen LogP contribution in [0.1, 0.15) is 39.2 Å². The van der Waals surface area contributed by atoms with E-state index in [0.29, 0.717) is 18.1 Å². The van der Waals surface area contributed by atoms with Crippen molar-refractivity contribution in [2.24, 2.45) is 0 Å². The smallest absolute Gasteiger partial charge is 0.126 e. The van der Waals surface area contributed by atoms with E-state index >= 15 is 0 Å². The highest BCUT2D eigenvalue weighted by molar-refractivity contribution is 5.18. The lowest BCUT2D eigenvalue weighted by molar-refractivity contribution is 0.157. The number of halogens is 1. The second kappa shape index (κ2) is 7.19. The number of hydrogen-bond donors (Lipinski definition) is 1. The van der Waals surface area contributed by atoms with E-state index in [1.165, 1.54) is 25.9 Å². The third kappa shape index (κ3) is 4.29. The third-order valence-electron chi connectivity index (χ3n) is 4.26. The molecule has 0 aliphatic carbocycles. The lowest BCUT2D eigenvalue weighted by Gasteiger charge is -2.36. The van der Waals surface area contributed by atoms with Gasteiger partial charge in [0.1, 0.15) is 5.82 Å². The van der Waals surface area contributed by atoms with Gasteiger partial charge in [0.05, 0.1) is 0 Å². The molecule has 0 saturated carbocycles. The van der Waals surface area contributed by atoms with Gasteiger partial charge in [-0.15, -0.1) is 0 Å². The van der Waals surface area contributed by atoms with E-state index in [1.807, 2.05) is 12.1 Å². The Bertz CT molecular complexity index is 411. The molecule has 3 heteroatoms. The summed E-state index contributed by atoms with van der Waals surface area (Å²) in [4.78, 5) is 2.53. The number of benzene rings is 1. The van der Waals surface area contributed by atoms with E-state index in [4.69, 9.17) is 0 Å². The fraction of sp³-hybridized carbons (Fsp3) is 0.647. The van der Waals surface area contributed by atoms with Crippen molar-refractivity contribution >= 4 is 0 Å². The standard InChI is InChI=1S/C17H27FN2/c1-13(2)20-10-8-16(9-11-20)19-14(3)12-15-6-4-5-7-17(15)18/h4-7,13-14,16,19H,8-12H2,1-3H3. The summed E-state index contributed by atoms with van der Waals surface area (Å²) >= 11 is 0. The van der Waals surface area contributed by atoms with Gasteiger partial charge in [-0.25, -0.2) is 4.39 Å². The minimum absolute atomic E-state index is 0.0872. The number of nitrogens with one attached hydrogen (secondary N) is 1. The molecule has 1 saturated heterocycles. The molecule has 1 fully saturated rings. The quantitative estimate of drug-likeness (QED) is 0.889. The lowest BCUT2D eigenvalue weighted by atomic mass is 10.0. The molecule has 0 aromatic heterocycles. The van der Waals surface area contributed by atoms with Gasteiger partial charge in [-0.1, -0.05) is 18.2 Å². The summed E-state index contributed by atoms with van der Waals surface area (Å²) in [6, 6.07) is 8.63. The third-order valence-corrected chi connectivity index (χ3v) is 4.26. The Morgan fingerprint density at radius 2 is 1.85 bits per heavy atom. The first-order valence-electron chi connectivity index (χ1n) is 7.79. The summed E-state index contributed by atoms with van der Waals surface area (Å²) in [5.74, 6) is -0.0872. The molecule has 1 atom stereocenters. The van der Waals surface area contributed by atoms with Crippen LogP contribution in [0.25, 0.3) is 0 Å². The van der Waals surface area contributed by atoms with Crippen LogP contribution >= 0.6 is 0 Å². The SMILES string of the molecule is CC(Cc1ccccc1F)NC1CCN(C(C)C)CC1. The van der Waals surface area contributed by atoms with Gasteiger partial charge in [-0.2, -0.15) is 0 Å². The maximum absolute atomic E-state index is 13.6. The predicted octanol–water partition coefficient (Wildman–Crippen LogP) is 3.22. The van der Waals surface area contributed by atoms with Gasteiger partial charge in [-0.05, 0) is 64.8 Å². The maximum atomic E-state index is 13.6. The molecule has 0 bridgehead atoms. The van der Waals surface area contributed by atoms with Crippen LogP contribution in [-0.2, 0) is 6.42 Å². The van der Waals surface area contributed by atoms with E-state index in [-0.39, 0.29) is 5.82 Å². The van der Waals surface area contributed by atoms with E-state index in [9.17, 15) is 4.39 Å². The first-order chi connectivity index (χ1) is 9.56. The zero-order valence-corrected chi connectivity index (χ0v) is 12.9. The molecule has 0 amide bonds. The predicted molar refractivity (Wildman–Crippen MR) is 82.4 cm³/mol. The van der Waals surface area contributed by atoms with Crippen molar-refractivity contribution in [3.63, 3.8) is 0 Å². The van der Waals surface area contributed by atoms with Gasteiger partial charge in [0, 0.05) is 18.1 Å². The summed E-state index contributed by atoms with van der Waals surface area (Å²) in [7, 11) is 0. The number of piperidine rings is 1. The molecule has 2 rings (SSSR count). The monoisotopic (exact) mass is 278 g/mol. The fourth-order valence-corrected chi connectivity index (χ4v) is 3.04. The molecule has 0 radical (unpaired) electrons. The maximum Gasteiger partial charge on any atom is 0.126 e. The Morgan fingerprint density at radius 3 is 2.45 bits per heavy atom. The summed E-state index contributed by atoms with van der Waals surface area (Å²) < 4.78 is 13.6. The van der Waals surface area contributed by atoms with E-state index < -0.39 is 0 Å². The van der Waals surface area contributed by atoms with Crippen molar-refractivity contribution in [2.75, 3.05) is 13.1 Å². The minimum Gasteiger partial charge on any atom is -0.311 e. The van der Waals surface area contributed by atoms with Crippen LogP contribution < -0.4 is 5.32 Å². The molecule has 1 aliphatic heterocycles. The molecule has 1 aliphatic rings. The van der Waals surface area contributed by atoms with Gasteiger partial charge in [-0.3, -0.25) is 0 Å². The van der Waals surface area contributed by atoms with Crippen molar-refractivity contribution in [1.82, 2.24) is 10.2 Å². The van der Waals surface area contributed by atoms with Crippen LogP contribution in [0.5, 0.6) is 0 Å². The normalized spacial score (nSPS) is 19.4. The summed E-state index contributed by atoms with van der Waals surface area (Å²) in [5, 5.41) is 3.66. The molecule has 1 aromatic carbocycles. The minimum atomic E-state index is -0.0872. The van der Waals surface area contributed by atoms with Crippen LogP contribution in [0.2, 0.25) is 0 Å². The summed E-state index contributed by atoms with van der Waals surface area (Å²) in [5.41, 5.74) is 0.812. The number of rotatable bonds is 5. The Balaban J connectivity index is 1.78. The molecule has 1 N–H and O–H groups in total. The zero-order chi connectivity index (χ0) is 14.5. The van der Waals surface area contributed by atoms with E-state index in [1.54, 1.807) is 12.1 Å². The number of nitrogens with zero attached hydrogens (tertiary/aromatic N) is 1. The van der Waals surface area contributed by atoms with Gasteiger partial charge in [0.15, 0.2) is 0 Å². The largest absolute Gasteiger partial charge is 0.311 e. The summed E-state index contributed by atoms with van der Waals surface area (Å²) in [6.07, 6.45) is 3.15. The Hall–Kier alpha value is -0.930. The topological polar surface area (TPSA) is 15.3 Å². The summed E-state index contributed by atoms with van der Waals surface area (Å²) in [6.45, 7) is 9.01. The molecule has 1 heterocycles. The molecule has 112 valence electrons. The van der Waals surface area contributed by atoms with E-state index in [2.05, 4.69) is 31.0 Å². The van der Waals surface area contributed by atoms with Crippen LogP contribution in [-0.4, -0.2) is 36.1 Å². The van der Waals surface area contributed by atoms with Crippen molar-refractivity contribution < 1.29 is 4.39 Å². The molecule has 1 unspecified atom stereocenters. The lowest BCUT2D eigenvalue weighted by Crippen LogP contribution is -2.47. The van der Waals surface area contributed by atoms with Crippen molar-refractivity contribution in [3.8, 4) is 0 Å². The first-order valence-corrected chi connectivity index (χ1v) is 7.79. The van der Waals surface area contributed by atoms with Crippen LogP contribution in [0.3, 0.4) is 0 Å².